The van der Waals surface area contributed by atoms with E-state index in [2.05, 4.69) is 21.4 Å². The minimum Gasteiger partial charge on any atom is -0.493 e. The normalized spacial score (nSPS) is 10.9. The maximum atomic E-state index is 13.9. The van der Waals surface area contributed by atoms with Crippen molar-refractivity contribution in [3.05, 3.63) is 72.1 Å². The van der Waals surface area contributed by atoms with Crippen molar-refractivity contribution in [2.24, 2.45) is 0 Å². The Balaban J connectivity index is 1.39. The fraction of sp³-hybridized carbons (Fsp3) is 0.267. The molecular weight excluding hydrogens is 590 g/mol. The summed E-state index contributed by atoms with van der Waals surface area (Å²) in [4.78, 5) is 20.2. The first-order chi connectivity index (χ1) is 21.0. The van der Waals surface area contributed by atoms with Crippen LogP contribution in [0.3, 0.4) is 0 Å². The maximum absolute atomic E-state index is 13.9. The maximum Gasteiger partial charge on any atom is 0.249 e. The number of hydrogen-bond donors (Lipinski definition) is 0. The van der Waals surface area contributed by atoms with E-state index in [1.807, 2.05) is 30.3 Å². The number of carbonyl (C=O) groups is 1. The molecule has 2 aromatic heterocycles. The van der Waals surface area contributed by atoms with Gasteiger partial charge in [0.05, 0.1) is 63.7 Å². The van der Waals surface area contributed by atoms with Gasteiger partial charge in [-0.15, -0.1) is 16.4 Å². The van der Waals surface area contributed by atoms with Crippen LogP contribution in [0.25, 0.3) is 10.2 Å². The number of amides is 1. The third-order valence-corrected chi connectivity index (χ3v) is 8.76. The Morgan fingerprint density at radius 3 is 2.28 bits per heavy atom. The third-order valence-electron chi connectivity index (χ3n) is 6.55. The van der Waals surface area contributed by atoms with E-state index < -0.39 is 0 Å². The predicted molar refractivity (Wildman–Crippen MR) is 166 cm³/mol. The van der Waals surface area contributed by atoms with Crippen LogP contribution < -0.4 is 28.6 Å². The zero-order valence-electron chi connectivity index (χ0n) is 24.4. The van der Waals surface area contributed by atoms with Crippen molar-refractivity contribution < 1.29 is 28.5 Å². The Kier molecular flexibility index (Phi) is 9.52. The number of thiazole rings is 1. The first-order valence-electron chi connectivity index (χ1n) is 13.1. The summed E-state index contributed by atoms with van der Waals surface area (Å²) in [6.07, 6.45) is 1.78. The Hall–Kier alpha value is -4.49. The molecule has 0 bridgehead atoms. The molecule has 0 aliphatic rings. The van der Waals surface area contributed by atoms with E-state index in [1.165, 1.54) is 26.0 Å². The monoisotopic (exact) mass is 621 g/mol. The van der Waals surface area contributed by atoms with Crippen molar-refractivity contribution in [3.8, 4) is 28.7 Å². The minimum absolute atomic E-state index is 0.0389. The quantitative estimate of drug-likeness (QED) is 0.157. The molecule has 0 aliphatic heterocycles. The molecule has 0 atom stereocenters. The summed E-state index contributed by atoms with van der Waals surface area (Å²) in [6.45, 7) is 0.190. The second-order valence-corrected chi connectivity index (χ2v) is 11.4. The lowest BCUT2D eigenvalue weighted by Gasteiger charge is -2.25. The summed E-state index contributed by atoms with van der Waals surface area (Å²) < 4.78 is 31.1. The van der Waals surface area contributed by atoms with Crippen molar-refractivity contribution >= 4 is 44.9 Å². The lowest BCUT2D eigenvalue weighted by molar-refractivity contribution is -0.119. The van der Waals surface area contributed by atoms with Crippen molar-refractivity contribution in [2.75, 3.05) is 40.4 Å². The number of hydrogen-bond acceptors (Lipinski definition) is 11. The van der Waals surface area contributed by atoms with Crippen molar-refractivity contribution in [2.45, 2.75) is 23.2 Å². The van der Waals surface area contributed by atoms with E-state index in [-0.39, 0.29) is 19.0 Å². The number of methoxy groups -OCH3 is 5. The van der Waals surface area contributed by atoms with Gasteiger partial charge in [0.1, 0.15) is 6.54 Å². The Labute approximate surface area is 257 Å². The molecule has 43 heavy (non-hydrogen) atoms. The number of anilines is 1. The van der Waals surface area contributed by atoms with Crippen LogP contribution in [-0.2, 0) is 23.6 Å². The molecule has 0 saturated carbocycles. The van der Waals surface area contributed by atoms with Crippen LogP contribution in [0, 0.1) is 0 Å². The molecule has 3 aromatic carbocycles. The second kappa shape index (κ2) is 13.7. The second-order valence-electron chi connectivity index (χ2n) is 9.20. The first kappa shape index (κ1) is 30.0. The Morgan fingerprint density at radius 2 is 1.60 bits per heavy atom. The Morgan fingerprint density at radius 1 is 0.884 bits per heavy atom. The van der Waals surface area contributed by atoms with Crippen LogP contribution in [0.2, 0.25) is 0 Å². The van der Waals surface area contributed by atoms with Gasteiger partial charge >= 0.3 is 0 Å². The topological polar surface area (TPSA) is 110 Å². The molecule has 2 heterocycles. The number of carbonyl (C=O) groups excluding carboxylic acids is 1. The summed E-state index contributed by atoms with van der Waals surface area (Å²) in [7, 11) is 7.74. The minimum atomic E-state index is -0.223. The van der Waals surface area contributed by atoms with Gasteiger partial charge in [-0.25, -0.2) is 9.67 Å². The zero-order chi connectivity index (χ0) is 30.3. The van der Waals surface area contributed by atoms with Gasteiger partial charge in [0.25, 0.3) is 0 Å². The molecule has 0 radical (unpaired) electrons. The molecule has 0 aliphatic carbocycles. The molecule has 1 amide bonds. The summed E-state index contributed by atoms with van der Waals surface area (Å²) in [5.41, 5.74) is 3.11. The summed E-state index contributed by atoms with van der Waals surface area (Å²) in [5.74, 6) is 2.79. The molecule has 0 saturated heterocycles. The highest BCUT2D eigenvalue weighted by atomic mass is 32.2. The SMILES string of the molecule is COc1ccc(CN(C(=O)Cn2cc(CSc3nc4ccccc4s3)nn2)c2cc(OC)c(OC)c(OC)c2)cc1OC. The standard InChI is InChI=1S/C30H31N5O6S2/c1-37-23-11-10-19(12-24(23)38-2)15-35(21-13-25(39-3)29(41-5)26(14-21)40-4)28(36)17-34-16-20(32-33-34)18-42-30-31-22-8-6-7-9-27(22)43-30/h6-14,16H,15,17-18H2,1-5H3. The molecule has 0 unspecified atom stereocenters. The molecular formula is C30H31N5O6S2. The number of benzene rings is 3. The van der Waals surface area contributed by atoms with Gasteiger partial charge in [0.2, 0.25) is 11.7 Å². The highest BCUT2D eigenvalue weighted by Gasteiger charge is 2.23. The largest absolute Gasteiger partial charge is 0.493 e. The molecule has 0 spiro atoms. The van der Waals surface area contributed by atoms with Gasteiger partial charge in [0.15, 0.2) is 27.3 Å². The van der Waals surface area contributed by atoms with E-state index in [0.29, 0.717) is 40.2 Å². The molecule has 5 aromatic rings. The van der Waals surface area contributed by atoms with Crippen LogP contribution >= 0.6 is 23.1 Å². The fourth-order valence-corrected chi connectivity index (χ4v) is 6.41. The average molecular weight is 622 g/mol. The van der Waals surface area contributed by atoms with E-state index in [0.717, 1.165) is 25.8 Å². The number of ether oxygens (including phenoxy) is 5. The zero-order valence-corrected chi connectivity index (χ0v) is 26.0. The summed E-state index contributed by atoms with van der Waals surface area (Å²) >= 11 is 3.23. The van der Waals surface area contributed by atoms with Crippen molar-refractivity contribution in [1.82, 2.24) is 20.0 Å². The molecule has 224 valence electrons. The van der Waals surface area contributed by atoms with E-state index in [1.54, 1.807) is 66.6 Å². The highest BCUT2D eigenvalue weighted by Crippen LogP contribution is 2.41. The van der Waals surface area contributed by atoms with Crippen LogP contribution in [0.5, 0.6) is 28.7 Å². The van der Waals surface area contributed by atoms with Gasteiger partial charge in [0, 0.05) is 24.1 Å². The van der Waals surface area contributed by atoms with Crippen LogP contribution in [0.1, 0.15) is 11.3 Å². The highest BCUT2D eigenvalue weighted by molar-refractivity contribution is 8.00. The number of aromatic nitrogens is 4. The van der Waals surface area contributed by atoms with Crippen LogP contribution in [-0.4, -0.2) is 61.4 Å². The number of rotatable bonds is 13. The summed E-state index contributed by atoms with van der Waals surface area (Å²) in [6, 6.07) is 17.0. The lowest BCUT2D eigenvalue weighted by Crippen LogP contribution is -2.33. The lowest BCUT2D eigenvalue weighted by atomic mass is 10.1. The molecule has 0 N–H and O–H groups in total. The Bertz CT molecular complexity index is 1660. The molecule has 0 fully saturated rings. The van der Waals surface area contributed by atoms with Gasteiger partial charge in [-0.2, -0.15) is 0 Å². The molecule has 11 nitrogen and oxygen atoms in total. The third kappa shape index (κ3) is 6.78. The first-order valence-corrected chi connectivity index (χ1v) is 14.9. The van der Waals surface area contributed by atoms with Gasteiger partial charge < -0.3 is 28.6 Å². The van der Waals surface area contributed by atoms with Crippen molar-refractivity contribution in [3.63, 3.8) is 0 Å². The van der Waals surface area contributed by atoms with Crippen LogP contribution in [0.4, 0.5) is 5.69 Å². The molecule has 5 rings (SSSR count). The van der Waals surface area contributed by atoms with Gasteiger partial charge in [-0.05, 0) is 29.8 Å². The molecule has 13 heteroatoms. The number of para-hydroxylation sites is 1. The predicted octanol–water partition coefficient (Wildman–Crippen LogP) is 5.46. The van der Waals surface area contributed by atoms with Crippen LogP contribution in [0.15, 0.2) is 65.1 Å². The number of thioether (sulfide) groups is 1. The van der Waals surface area contributed by atoms with E-state index in [9.17, 15) is 4.79 Å². The fourth-order valence-electron chi connectivity index (χ4n) is 4.46. The van der Waals surface area contributed by atoms with Crippen molar-refractivity contribution in [1.29, 1.82) is 0 Å². The van der Waals surface area contributed by atoms with E-state index >= 15 is 0 Å². The number of fused-ring (bicyclic) bond motifs is 1. The van der Waals surface area contributed by atoms with E-state index in [4.69, 9.17) is 23.7 Å². The smallest absolute Gasteiger partial charge is 0.249 e. The summed E-state index contributed by atoms with van der Waals surface area (Å²) in [5, 5.41) is 8.51. The number of nitrogens with zero attached hydrogens (tertiary/aromatic N) is 5. The van der Waals surface area contributed by atoms with Gasteiger partial charge in [-0.3, -0.25) is 4.79 Å². The van der Waals surface area contributed by atoms with Gasteiger partial charge in [-0.1, -0.05) is 35.2 Å². The average Bonchev–Trinajstić information content (AvgIpc) is 3.67.